The summed E-state index contributed by atoms with van der Waals surface area (Å²) in [6.45, 7) is 6.68. The van der Waals surface area contributed by atoms with Crippen molar-refractivity contribution in [2.45, 2.75) is 59.3 Å². The van der Waals surface area contributed by atoms with Crippen molar-refractivity contribution < 1.29 is 0 Å². The molecule has 0 atom stereocenters. The van der Waals surface area contributed by atoms with Gasteiger partial charge in [0.2, 0.25) is 0 Å². The summed E-state index contributed by atoms with van der Waals surface area (Å²) in [5.74, 6) is 0. The maximum Gasteiger partial charge on any atom is 0.266 e. The van der Waals surface area contributed by atoms with Gasteiger partial charge in [-0.2, -0.15) is 5.26 Å². The number of hydrogen-bond donors (Lipinski definition) is 1. The van der Waals surface area contributed by atoms with Crippen LogP contribution in [0.15, 0.2) is 16.9 Å². The van der Waals surface area contributed by atoms with Crippen molar-refractivity contribution in [2.75, 3.05) is 0 Å². The normalized spacial score (nSPS) is 11.3. The Morgan fingerprint density at radius 3 is 2.58 bits per heavy atom. The van der Waals surface area contributed by atoms with Gasteiger partial charge in [0, 0.05) is 5.69 Å². The Labute approximate surface area is 115 Å². The van der Waals surface area contributed by atoms with Crippen molar-refractivity contribution in [3.63, 3.8) is 0 Å². The predicted molar refractivity (Wildman–Crippen MR) is 78.0 cm³/mol. The fourth-order valence-electron chi connectivity index (χ4n) is 2.34. The van der Waals surface area contributed by atoms with Gasteiger partial charge in [-0.05, 0) is 30.4 Å². The molecule has 3 nitrogen and oxygen atoms in total. The van der Waals surface area contributed by atoms with E-state index in [0.29, 0.717) is 0 Å². The van der Waals surface area contributed by atoms with Gasteiger partial charge in [0.05, 0.1) is 0 Å². The lowest BCUT2D eigenvalue weighted by Crippen LogP contribution is -2.19. The number of aromatic amines is 1. The average molecular weight is 260 g/mol. The Morgan fingerprint density at radius 1 is 1.26 bits per heavy atom. The lowest BCUT2D eigenvalue weighted by Gasteiger charge is -2.24. The van der Waals surface area contributed by atoms with Crippen LogP contribution in [-0.4, -0.2) is 4.98 Å². The number of nitrogens with zero attached hydrogens (tertiary/aromatic N) is 1. The standard InChI is InChI=1S/C16H24N2O/c1-4-5-6-7-10-16(2,3)11-14-9-8-13(12-17)15(19)18-14/h8-9H,4-7,10-11H2,1-3H3,(H,18,19). The molecule has 1 aromatic heterocycles. The fourth-order valence-corrected chi connectivity index (χ4v) is 2.34. The molecule has 0 radical (unpaired) electrons. The lowest BCUT2D eigenvalue weighted by molar-refractivity contribution is 0.314. The Kier molecular flexibility index (Phi) is 5.82. The molecule has 104 valence electrons. The van der Waals surface area contributed by atoms with E-state index in [0.717, 1.165) is 18.5 Å². The lowest BCUT2D eigenvalue weighted by atomic mass is 9.82. The van der Waals surface area contributed by atoms with Gasteiger partial charge >= 0.3 is 0 Å². The molecule has 0 bridgehead atoms. The van der Waals surface area contributed by atoms with Gasteiger partial charge in [0.15, 0.2) is 0 Å². The van der Waals surface area contributed by atoms with Crippen LogP contribution < -0.4 is 5.56 Å². The highest BCUT2D eigenvalue weighted by Crippen LogP contribution is 2.27. The summed E-state index contributed by atoms with van der Waals surface area (Å²) in [5, 5.41) is 8.74. The Bertz CT molecular complexity index is 494. The smallest absolute Gasteiger partial charge is 0.266 e. The molecule has 1 heterocycles. The molecule has 0 aromatic carbocycles. The second kappa shape index (κ2) is 7.13. The van der Waals surface area contributed by atoms with Crippen molar-refractivity contribution in [3.05, 3.63) is 33.7 Å². The molecule has 3 heteroatoms. The molecule has 0 saturated carbocycles. The highest BCUT2D eigenvalue weighted by Gasteiger charge is 2.18. The third-order valence-electron chi connectivity index (χ3n) is 3.47. The number of rotatable bonds is 7. The number of unbranched alkanes of at least 4 members (excludes halogenated alkanes) is 3. The first kappa shape index (κ1) is 15.5. The van der Waals surface area contributed by atoms with E-state index in [4.69, 9.17) is 5.26 Å². The number of H-pyrrole nitrogens is 1. The van der Waals surface area contributed by atoms with Gasteiger partial charge in [0.1, 0.15) is 11.6 Å². The number of nitrogens with one attached hydrogen (secondary N) is 1. The van der Waals surface area contributed by atoms with Crippen molar-refractivity contribution in [3.8, 4) is 6.07 Å². The molecule has 0 amide bonds. The molecule has 0 aliphatic rings. The Balaban J connectivity index is 2.60. The van der Waals surface area contributed by atoms with E-state index in [9.17, 15) is 4.79 Å². The van der Waals surface area contributed by atoms with Crippen LogP contribution in [0.2, 0.25) is 0 Å². The number of nitriles is 1. The molecular formula is C16H24N2O. The van der Waals surface area contributed by atoms with Crippen LogP contribution in [0.3, 0.4) is 0 Å². The zero-order chi connectivity index (χ0) is 14.3. The average Bonchev–Trinajstić information content (AvgIpc) is 2.34. The highest BCUT2D eigenvalue weighted by molar-refractivity contribution is 5.26. The first-order valence-electron chi connectivity index (χ1n) is 7.11. The van der Waals surface area contributed by atoms with Crippen LogP contribution in [0, 0.1) is 16.7 Å². The maximum absolute atomic E-state index is 11.6. The van der Waals surface area contributed by atoms with Gasteiger partial charge in [-0.25, -0.2) is 0 Å². The van der Waals surface area contributed by atoms with Crippen molar-refractivity contribution in [1.29, 1.82) is 5.26 Å². The third kappa shape index (κ3) is 5.30. The molecule has 1 rings (SSSR count). The largest absolute Gasteiger partial charge is 0.325 e. The zero-order valence-corrected chi connectivity index (χ0v) is 12.3. The first-order valence-corrected chi connectivity index (χ1v) is 7.11. The minimum absolute atomic E-state index is 0.185. The molecule has 0 unspecified atom stereocenters. The molecular weight excluding hydrogens is 236 g/mol. The van der Waals surface area contributed by atoms with E-state index in [1.165, 1.54) is 25.7 Å². The zero-order valence-electron chi connectivity index (χ0n) is 12.3. The summed E-state index contributed by atoms with van der Waals surface area (Å²) in [6, 6.07) is 5.36. The summed E-state index contributed by atoms with van der Waals surface area (Å²) in [7, 11) is 0. The van der Waals surface area contributed by atoms with E-state index >= 15 is 0 Å². The van der Waals surface area contributed by atoms with Crippen LogP contribution in [0.25, 0.3) is 0 Å². The van der Waals surface area contributed by atoms with Crippen molar-refractivity contribution in [2.24, 2.45) is 5.41 Å². The van der Waals surface area contributed by atoms with Crippen LogP contribution in [0.1, 0.15) is 64.1 Å². The molecule has 0 aliphatic carbocycles. The van der Waals surface area contributed by atoms with Gasteiger partial charge in [-0.1, -0.05) is 46.5 Å². The summed E-state index contributed by atoms with van der Waals surface area (Å²) < 4.78 is 0. The molecule has 1 N–H and O–H groups in total. The van der Waals surface area contributed by atoms with Gasteiger partial charge in [-0.15, -0.1) is 0 Å². The van der Waals surface area contributed by atoms with Gasteiger partial charge in [-0.3, -0.25) is 4.79 Å². The Hall–Kier alpha value is -1.56. The quantitative estimate of drug-likeness (QED) is 0.758. The first-order chi connectivity index (χ1) is 8.98. The summed E-state index contributed by atoms with van der Waals surface area (Å²) >= 11 is 0. The van der Waals surface area contributed by atoms with Gasteiger partial charge in [0.25, 0.3) is 5.56 Å². The molecule has 0 saturated heterocycles. The molecule has 1 aromatic rings. The summed E-state index contributed by atoms with van der Waals surface area (Å²) in [5.41, 5.74) is 1.01. The molecule has 0 aliphatic heterocycles. The number of aromatic nitrogens is 1. The molecule has 0 fully saturated rings. The molecule has 19 heavy (non-hydrogen) atoms. The van der Waals surface area contributed by atoms with E-state index in [1.807, 2.05) is 12.1 Å². The summed E-state index contributed by atoms with van der Waals surface area (Å²) in [4.78, 5) is 14.4. The van der Waals surface area contributed by atoms with E-state index in [1.54, 1.807) is 6.07 Å². The van der Waals surface area contributed by atoms with Crippen LogP contribution in [0.5, 0.6) is 0 Å². The second-order valence-corrected chi connectivity index (χ2v) is 5.99. The monoisotopic (exact) mass is 260 g/mol. The van der Waals surface area contributed by atoms with Crippen molar-refractivity contribution in [1.82, 2.24) is 4.98 Å². The maximum atomic E-state index is 11.6. The summed E-state index contributed by atoms with van der Waals surface area (Å²) in [6.07, 6.45) is 7.08. The van der Waals surface area contributed by atoms with Crippen LogP contribution >= 0.6 is 0 Å². The van der Waals surface area contributed by atoms with Crippen molar-refractivity contribution >= 4 is 0 Å². The number of hydrogen-bond acceptors (Lipinski definition) is 2. The van der Waals surface area contributed by atoms with Crippen LogP contribution in [-0.2, 0) is 6.42 Å². The second-order valence-electron chi connectivity index (χ2n) is 5.99. The number of pyridine rings is 1. The molecule has 0 spiro atoms. The topological polar surface area (TPSA) is 56.6 Å². The fraction of sp³-hybridized carbons (Fsp3) is 0.625. The third-order valence-corrected chi connectivity index (χ3v) is 3.47. The SMILES string of the molecule is CCCCCCC(C)(C)Cc1ccc(C#N)c(=O)[nH]1. The highest BCUT2D eigenvalue weighted by atomic mass is 16.1. The minimum atomic E-state index is -0.276. The van der Waals surface area contributed by atoms with Gasteiger partial charge < -0.3 is 4.98 Å². The Morgan fingerprint density at radius 2 is 2.00 bits per heavy atom. The van der Waals surface area contributed by atoms with E-state index < -0.39 is 0 Å². The van der Waals surface area contributed by atoms with E-state index in [-0.39, 0.29) is 16.5 Å². The van der Waals surface area contributed by atoms with Crippen LogP contribution in [0.4, 0.5) is 0 Å². The predicted octanol–water partition coefficient (Wildman–Crippen LogP) is 3.79. The van der Waals surface area contributed by atoms with E-state index in [2.05, 4.69) is 25.8 Å². The minimum Gasteiger partial charge on any atom is -0.325 e.